The first-order valence-corrected chi connectivity index (χ1v) is 11.7. The zero-order chi connectivity index (χ0) is 22.8. The van der Waals surface area contributed by atoms with Gasteiger partial charge in [-0.15, -0.1) is 0 Å². The molecule has 7 heteroatoms. The number of carbonyl (C=O) groups excluding carboxylic acids is 1. The maximum Gasteiger partial charge on any atom is 0.169 e. The van der Waals surface area contributed by atoms with Gasteiger partial charge in [0.05, 0.1) is 23.9 Å². The van der Waals surface area contributed by atoms with Crippen molar-refractivity contribution < 1.29 is 14.6 Å². The molecule has 3 aromatic rings. The van der Waals surface area contributed by atoms with Gasteiger partial charge in [-0.25, -0.2) is 0 Å². The second-order valence-electron chi connectivity index (χ2n) is 8.82. The average molecular weight is 447 g/mol. The summed E-state index contributed by atoms with van der Waals surface area (Å²) in [6.07, 6.45) is 3.66. The molecule has 2 aromatic carbocycles. The van der Waals surface area contributed by atoms with Crippen molar-refractivity contribution in [3.05, 3.63) is 48.2 Å². The number of hydrogen-bond acceptors (Lipinski definition) is 7. The van der Waals surface area contributed by atoms with Gasteiger partial charge >= 0.3 is 0 Å². The molecule has 0 atom stereocenters. The van der Waals surface area contributed by atoms with Gasteiger partial charge in [-0.3, -0.25) is 14.7 Å². The number of hydrogen-bond donors (Lipinski definition) is 3. The molecule has 7 nitrogen and oxygen atoms in total. The Morgan fingerprint density at radius 1 is 1.18 bits per heavy atom. The Kier molecular flexibility index (Phi) is 6.15. The normalized spacial score (nSPS) is 16.6. The summed E-state index contributed by atoms with van der Waals surface area (Å²) in [5.41, 5.74) is 4.31. The highest BCUT2D eigenvalue weighted by atomic mass is 16.5. The summed E-state index contributed by atoms with van der Waals surface area (Å²) in [4.78, 5) is 20.1. The van der Waals surface area contributed by atoms with Crippen LogP contribution in [-0.2, 0) is 0 Å². The Hall–Kier alpha value is -3.16. The quantitative estimate of drug-likeness (QED) is 0.457. The third-order valence-corrected chi connectivity index (χ3v) is 6.53. The highest BCUT2D eigenvalue weighted by Crippen LogP contribution is 2.38. The van der Waals surface area contributed by atoms with E-state index >= 15 is 0 Å². The van der Waals surface area contributed by atoms with Crippen molar-refractivity contribution in [2.75, 3.05) is 51.7 Å². The molecular weight excluding hydrogens is 416 g/mol. The maximum atomic E-state index is 13.1. The van der Waals surface area contributed by atoms with Gasteiger partial charge in [0.15, 0.2) is 17.3 Å². The second-order valence-corrected chi connectivity index (χ2v) is 8.82. The highest BCUT2D eigenvalue weighted by molar-refractivity contribution is 6.10. The van der Waals surface area contributed by atoms with E-state index in [4.69, 9.17) is 4.74 Å². The molecule has 1 aliphatic heterocycles. The minimum absolute atomic E-state index is 0.108. The van der Waals surface area contributed by atoms with Crippen LogP contribution in [0.1, 0.15) is 23.2 Å². The molecule has 0 amide bonds. The monoisotopic (exact) mass is 446 g/mol. The van der Waals surface area contributed by atoms with Crippen molar-refractivity contribution in [1.82, 2.24) is 15.2 Å². The molecule has 2 heterocycles. The minimum Gasteiger partial charge on any atom is -0.504 e. The summed E-state index contributed by atoms with van der Waals surface area (Å²) < 4.78 is 5.28. The molecule has 0 spiro atoms. The third kappa shape index (κ3) is 4.65. The van der Waals surface area contributed by atoms with E-state index in [0.717, 1.165) is 79.8 Å². The summed E-state index contributed by atoms with van der Waals surface area (Å²) in [6.45, 7) is 5.81. The molecule has 1 saturated heterocycles. The van der Waals surface area contributed by atoms with E-state index in [-0.39, 0.29) is 17.5 Å². The van der Waals surface area contributed by atoms with E-state index < -0.39 is 0 Å². The number of ether oxygens (including phenoxy) is 1. The topological polar surface area (TPSA) is 86.7 Å². The lowest BCUT2D eigenvalue weighted by Gasteiger charge is -2.27. The van der Waals surface area contributed by atoms with Crippen LogP contribution >= 0.6 is 0 Å². The number of ketones is 1. The molecular formula is C26H30N4O3. The van der Waals surface area contributed by atoms with E-state index in [1.165, 1.54) is 0 Å². The molecule has 1 aromatic heterocycles. The Morgan fingerprint density at radius 3 is 2.70 bits per heavy atom. The van der Waals surface area contributed by atoms with E-state index in [1.807, 2.05) is 24.3 Å². The van der Waals surface area contributed by atoms with Crippen molar-refractivity contribution >= 4 is 22.4 Å². The molecule has 0 bridgehead atoms. The number of benzene rings is 2. The van der Waals surface area contributed by atoms with Crippen LogP contribution in [0.2, 0.25) is 0 Å². The van der Waals surface area contributed by atoms with Crippen LogP contribution in [0.3, 0.4) is 0 Å². The number of nitrogens with one attached hydrogen (secondary N) is 2. The van der Waals surface area contributed by atoms with Crippen molar-refractivity contribution in [3.8, 4) is 22.6 Å². The van der Waals surface area contributed by atoms with Crippen molar-refractivity contribution in [2.45, 2.75) is 12.8 Å². The van der Waals surface area contributed by atoms with Crippen LogP contribution in [0, 0.1) is 5.92 Å². The van der Waals surface area contributed by atoms with Crippen molar-refractivity contribution in [1.29, 1.82) is 0 Å². The maximum absolute atomic E-state index is 13.1. The first kappa shape index (κ1) is 21.7. The van der Waals surface area contributed by atoms with Gasteiger partial charge in [-0.05, 0) is 48.2 Å². The molecule has 5 rings (SSSR count). The number of nitrogens with zero attached hydrogens (tertiary/aromatic N) is 2. The zero-order valence-electron chi connectivity index (χ0n) is 18.9. The number of rotatable bonds is 8. The van der Waals surface area contributed by atoms with Gasteiger partial charge in [-0.2, -0.15) is 0 Å². The fourth-order valence-electron chi connectivity index (χ4n) is 4.45. The Morgan fingerprint density at radius 2 is 1.94 bits per heavy atom. The molecule has 0 unspecified atom stereocenters. The summed E-state index contributed by atoms with van der Waals surface area (Å²) >= 11 is 0. The number of phenolic OH excluding ortho intramolecular Hbond substituents is 1. The van der Waals surface area contributed by atoms with Gasteiger partial charge < -0.3 is 20.5 Å². The predicted molar refractivity (Wildman–Crippen MR) is 130 cm³/mol. The number of carbonyl (C=O) groups is 1. The second kappa shape index (κ2) is 9.37. The van der Waals surface area contributed by atoms with Gasteiger partial charge in [-0.1, -0.05) is 12.1 Å². The molecule has 0 radical (unpaired) electrons. The van der Waals surface area contributed by atoms with Gasteiger partial charge in [0.1, 0.15) is 0 Å². The number of aromatic hydroxyl groups is 1. The Balaban J connectivity index is 1.51. The Labute approximate surface area is 193 Å². The number of anilines is 1. The summed E-state index contributed by atoms with van der Waals surface area (Å²) in [6, 6.07) is 11.4. The van der Waals surface area contributed by atoms with E-state index in [2.05, 4.69) is 26.6 Å². The summed E-state index contributed by atoms with van der Waals surface area (Å²) in [7, 11) is 1.54. The number of fused-ring (bicyclic) bond motifs is 1. The van der Waals surface area contributed by atoms with Crippen molar-refractivity contribution in [2.24, 2.45) is 5.92 Å². The molecule has 33 heavy (non-hydrogen) atoms. The molecule has 3 N–H and O–H groups in total. The number of piperazine rings is 1. The number of phenols is 1. The number of pyridine rings is 1. The lowest BCUT2D eigenvalue weighted by atomic mass is 9.99. The number of Topliss-reactive ketones (excluding diaryl/α,β-unsaturated/α-hetero) is 1. The van der Waals surface area contributed by atoms with Crippen LogP contribution in [0.25, 0.3) is 22.0 Å². The largest absolute Gasteiger partial charge is 0.504 e. The molecule has 2 fully saturated rings. The summed E-state index contributed by atoms with van der Waals surface area (Å²) in [5, 5.41) is 17.9. The molecule has 1 saturated carbocycles. The highest BCUT2D eigenvalue weighted by Gasteiger charge is 2.32. The van der Waals surface area contributed by atoms with Crippen LogP contribution in [0.5, 0.6) is 11.5 Å². The van der Waals surface area contributed by atoms with Gasteiger partial charge in [0, 0.05) is 56.8 Å². The first-order valence-electron chi connectivity index (χ1n) is 11.7. The lowest BCUT2D eigenvalue weighted by Crippen LogP contribution is -2.45. The molecule has 1 aliphatic carbocycles. The van der Waals surface area contributed by atoms with E-state index in [0.29, 0.717) is 11.3 Å². The van der Waals surface area contributed by atoms with Gasteiger partial charge in [0.2, 0.25) is 0 Å². The minimum atomic E-state index is 0.108. The summed E-state index contributed by atoms with van der Waals surface area (Å²) in [5.74, 6) is 0.849. The smallest absolute Gasteiger partial charge is 0.169 e. The van der Waals surface area contributed by atoms with Crippen LogP contribution in [0.15, 0.2) is 42.6 Å². The SMILES string of the molecule is COc1cc(-c2ccc3ncc(C(=O)C4CC4)c(NCCN4CCNCC4)c3c2)ccc1O. The Bertz CT molecular complexity index is 1170. The van der Waals surface area contributed by atoms with Crippen LogP contribution in [0.4, 0.5) is 5.69 Å². The standard InChI is InChI=1S/C26H30N4O3/c1-33-24-15-19(5-7-23(24)31)18-4-6-22-20(14-18)25(21(16-29-22)26(32)17-2-3-17)28-10-13-30-11-8-27-9-12-30/h4-7,14-17,27,31H,2-3,8-13H2,1H3,(H,28,29). The zero-order valence-corrected chi connectivity index (χ0v) is 18.9. The fourth-order valence-corrected chi connectivity index (χ4v) is 4.45. The third-order valence-electron chi connectivity index (χ3n) is 6.53. The van der Waals surface area contributed by atoms with E-state index in [1.54, 1.807) is 19.4 Å². The van der Waals surface area contributed by atoms with E-state index in [9.17, 15) is 9.90 Å². The molecule has 172 valence electrons. The number of methoxy groups -OCH3 is 1. The fraction of sp³-hybridized carbons (Fsp3) is 0.385. The van der Waals surface area contributed by atoms with Crippen molar-refractivity contribution in [3.63, 3.8) is 0 Å². The average Bonchev–Trinajstić information content (AvgIpc) is 3.70. The molecule has 2 aliphatic rings. The first-order chi connectivity index (χ1) is 16.1. The predicted octanol–water partition coefficient (Wildman–Crippen LogP) is 3.53. The lowest BCUT2D eigenvalue weighted by molar-refractivity contribution is 0.0968. The van der Waals surface area contributed by atoms with Gasteiger partial charge in [0.25, 0.3) is 0 Å². The van der Waals surface area contributed by atoms with Crippen LogP contribution in [-0.4, -0.2) is 67.2 Å². The number of aromatic nitrogens is 1. The van der Waals surface area contributed by atoms with Crippen LogP contribution < -0.4 is 15.4 Å².